The summed E-state index contributed by atoms with van der Waals surface area (Å²) in [6.07, 6.45) is 0.384. The van der Waals surface area contributed by atoms with Crippen LogP contribution in [0.4, 0.5) is 5.13 Å². The van der Waals surface area contributed by atoms with Crippen LogP contribution in [0.2, 0.25) is 0 Å². The van der Waals surface area contributed by atoms with Gasteiger partial charge in [-0.1, -0.05) is 67.6 Å². The van der Waals surface area contributed by atoms with Crippen molar-refractivity contribution in [1.82, 2.24) is 4.98 Å². The van der Waals surface area contributed by atoms with Crippen LogP contribution in [0.25, 0.3) is 10.2 Å². The van der Waals surface area contributed by atoms with Crippen LogP contribution in [-0.2, 0) is 21.2 Å². The number of thiazole rings is 1. The number of hydrogen-bond acceptors (Lipinski definition) is 5. The molecule has 0 spiro atoms. The average Bonchev–Trinajstić information content (AvgIpc) is 3.28. The van der Waals surface area contributed by atoms with E-state index in [2.05, 4.69) is 19.9 Å². The number of fused-ring (bicyclic) bond motifs is 1. The Labute approximate surface area is 175 Å². The molecule has 0 saturated carbocycles. The Morgan fingerprint density at radius 3 is 2.59 bits per heavy atom. The van der Waals surface area contributed by atoms with Crippen molar-refractivity contribution in [3.05, 3.63) is 59.7 Å². The molecule has 1 amide bonds. The molecule has 5 nitrogen and oxygen atoms in total. The van der Waals surface area contributed by atoms with Crippen molar-refractivity contribution in [2.45, 2.75) is 32.7 Å². The molecule has 0 N–H and O–H groups in total. The Bertz CT molecular complexity index is 1140. The number of amides is 1. The molecule has 152 valence electrons. The molecule has 3 aromatic rings. The predicted octanol–water partition coefficient (Wildman–Crippen LogP) is 4.39. The van der Waals surface area contributed by atoms with Crippen LogP contribution >= 0.6 is 11.3 Å². The lowest BCUT2D eigenvalue weighted by Crippen LogP contribution is -2.36. The zero-order valence-corrected chi connectivity index (χ0v) is 18.2. The first-order chi connectivity index (χ1) is 13.8. The van der Waals surface area contributed by atoms with E-state index in [-0.39, 0.29) is 17.4 Å². The standard InChI is InChI=1S/C22H24N2O3S2/c1-15(2)18-9-6-10-19-20(18)23-22(28-19)24(13-16-7-4-3-5-8-16)21(25)17-11-12-29(26,27)14-17/h3-10,15,17H,11-14H2,1-2H3. The van der Waals surface area contributed by atoms with Gasteiger partial charge >= 0.3 is 0 Å². The highest BCUT2D eigenvalue weighted by molar-refractivity contribution is 7.91. The Kier molecular flexibility index (Phi) is 5.44. The highest BCUT2D eigenvalue weighted by atomic mass is 32.2. The SMILES string of the molecule is CC(C)c1cccc2sc(N(Cc3ccccc3)C(=O)C3CCS(=O)(=O)C3)nc12. The van der Waals surface area contributed by atoms with Crippen LogP contribution in [0.5, 0.6) is 0 Å². The first-order valence-corrected chi connectivity index (χ1v) is 12.4. The molecule has 29 heavy (non-hydrogen) atoms. The van der Waals surface area contributed by atoms with Gasteiger partial charge in [0.1, 0.15) is 0 Å². The third-order valence-electron chi connectivity index (χ3n) is 5.32. The summed E-state index contributed by atoms with van der Waals surface area (Å²) in [6.45, 7) is 4.64. The minimum atomic E-state index is -3.14. The number of rotatable bonds is 5. The maximum atomic E-state index is 13.4. The normalized spacial score (nSPS) is 18.4. The Morgan fingerprint density at radius 2 is 1.93 bits per heavy atom. The molecule has 1 aromatic heterocycles. The second-order valence-corrected chi connectivity index (χ2v) is 11.1. The van der Waals surface area contributed by atoms with Gasteiger partial charge in [-0.25, -0.2) is 13.4 Å². The Hall–Kier alpha value is -2.25. The zero-order valence-electron chi connectivity index (χ0n) is 16.5. The van der Waals surface area contributed by atoms with Crippen molar-refractivity contribution in [2.24, 2.45) is 5.92 Å². The minimum Gasteiger partial charge on any atom is -0.283 e. The smallest absolute Gasteiger partial charge is 0.233 e. The summed E-state index contributed by atoms with van der Waals surface area (Å²) < 4.78 is 24.9. The molecular formula is C22H24N2O3S2. The summed E-state index contributed by atoms with van der Waals surface area (Å²) in [7, 11) is -3.14. The fourth-order valence-corrected chi connectivity index (χ4v) is 6.49. The Morgan fingerprint density at radius 1 is 1.17 bits per heavy atom. The summed E-state index contributed by atoms with van der Waals surface area (Å²) in [5.41, 5.74) is 3.07. The first kappa shape index (κ1) is 20.0. The number of hydrogen-bond donors (Lipinski definition) is 0. The average molecular weight is 429 g/mol. The van der Waals surface area contributed by atoms with Gasteiger partial charge in [0, 0.05) is 0 Å². The number of benzene rings is 2. The molecule has 7 heteroatoms. The van der Waals surface area contributed by atoms with E-state index in [1.54, 1.807) is 4.90 Å². The molecular weight excluding hydrogens is 404 g/mol. The van der Waals surface area contributed by atoms with E-state index in [4.69, 9.17) is 4.98 Å². The number of para-hydroxylation sites is 1. The van der Waals surface area contributed by atoms with Crippen molar-refractivity contribution in [2.75, 3.05) is 16.4 Å². The number of sulfone groups is 1. The van der Waals surface area contributed by atoms with E-state index in [0.29, 0.717) is 24.0 Å². The summed E-state index contributed by atoms with van der Waals surface area (Å²) >= 11 is 1.49. The summed E-state index contributed by atoms with van der Waals surface area (Å²) in [5, 5.41) is 0.631. The van der Waals surface area contributed by atoms with Gasteiger partial charge in [0.05, 0.1) is 34.2 Å². The second-order valence-electron chi connectivity index (χ2n) is 7.86. The molecule has 4 rings (SSSR count). The molecule has 2 heterocycles. The van der Waals surface area contributed by atoms with Crippen molar-refractivity contribution in [3.63, 3.8) is 0 Å². The van der Waals surface area contributed by atoms with E-state index in [0.717, 1.165) is 21.3 Å². The van der Waals surface area contributed by atoms with Crippen molar-refractivity contribution in [3.8, 4) is 0 Å². The molecule has 1 aliphatic rings. The van der Waals surface area contributed by atoms with Gasteiger partial charge in [-0.3, -0.25) is 9.69 Å². The van der Waals surface area contributed by atoms with Crippen molar-refractivity contribution >= 4 is 42.4 Å². The maximum absolute atomic E-state index is 13.4. The van der Waals surface area contributed by atoms with Crippen LogP contribution < -0.4 is 4.90 Å². The van der Waals surface area contributed by atoms with Gasteiger partial charge in [0.2, 0.25) is 5.91 Å². The fourth-order valence-electron chi connectivity index (χ4n) is 3.76. The van der Waals surface area contributed by atoms with Crippen LogP contribution in [0.3, 0.4) is 0 Å². The molecule has 1 saturated heterocycles. The fraction of sp³-hybridized carbons (Fsp3) is 0.364. The van der Waals surface area contributed by atoms with Crippen molar-refractivity contribution < 1.29 is 13.2 Å². The third-order valence-corrected chi connectivity index (χ3v) is 8.13. The quantitative estimate of drug-likeness (QED) is 0.605. The summed E-state index contributed by atoms with van der Waals surface area (Å²) in [6, 6.07) is 15.9. The van der Waals surface area contributed by atoms with Gasteiger partial charge in [-0.15, -0.1) is 0 Å². The van der Waals surface area contributed by atoms with Gasteiger partial charge in [-0.05, 0) is 29.5 Å². The van der Waals surface area contributed by atoms with Gasteiger partial charge in [0.25, 0.3) is 0 Å². The summed E-state index contributed by atoms with van der Waals surface area (Å²) in [4.78, 5) is 19.9. The summed E-state index contributed by atoms with van der Waals surface area (Å²) in [5.74, 6) is -0.314. The van der Waals surface area contributed by atoms with Gasteiger partial charge in [-0.2, -0.15) is 0 Å². The lowest BCUT2D eigenvalue weighted by Gasteiger charge is -2.23. The highest BCUT2D eigenvalue weighted by Gasteiger charge is 2.36. The number of carbonyl (C=O) groups is 1. The predicted molar refractivity (Wildman–Crippen MR) is 118 cm³/mol. The molecule has 0 aliphatic carbocycles. The Balaban J connectivity index is 1.75. The molecule has 2 aromatic carbocycles. The van der Waals surface area contributed by atoms with Crippen LogP contribution in [0, 0.1) is 5.92 Å². The topological polar surface area (TPSA) is 67.3 Å². The first-order valence-electron chi connectivity index (χ1n) is 9.79. The number of nitrogens with zero attached hydrogens (tertiary/aromatic N) is 2. The molecule has 1 fully saturated rings. The zero-order chi connectivity index (χ0) is 20.6. The molecule has 1 aliphatic heterocycles. The monoisotopic (exact) mass is 428 g/mol. The van der Waals surface area contributed by atoms with Gasteiger partial charge < -0.3 is 0 Å². The van der Waals surface area contributed by atoms with Gasteiger partial charge in [0.15, 0.2) is 15.0 Å². The van der Waals surface area contributed by atoms with E-state index in [9.17, 15) is 13.2 Å². The van der Waals surface area contributed by atoms with E-state index < -0.39 is 15.8 Å². The van der Waals surface area contributed by atoms with Crippen molar-refractivity contribution in [1.29, 1.82) is 0 Å². The molecule has 0 radical (unpaired) electrons. The number of aromatic nitrogens is 1. The van der Waals surface area contributed by atoms with Crippen LogP contribution in [-0.4, -0.2) is 30.8 Å². The van der Waals surface area contributed by atoms with E-state index >= 15 is 0 Å². The molecule has 1 atom stereocenters. The number of carbonyl (C=O) groups excluding carboxylic acids is 1. The number of anilines is 1. The van der Waals surface area contributed by atoms with Crippen LogP contribution in [0.15, 0.2) is 48.5 Å². The van der Waals surface area contributed by atoms with Crippen LogP contribution in [0.1, 0.15) is 37.3 Å². The third kappa shape index (κ3) is 4.21. The van der Waals surface area contributed by atoms with E-state index in [1.807, 2.05) is 42.5 Å². The molecule has 0 bridgehead atoms. The molecule has 1 unspecified atom stereocenters. The second kappa shape index (κ2) is 7.88. The minimum absolute atomic E-state index is 0.0702. The highest BCUT2D eigenvalue weighted by Crippen LogP contribution is 2.35. The lowest BCUT2D eigenvalue weighted by molar-refractivity contribution is -0.121. The largest absolute Gasteiger partial charge is 0.283 e. The van der Waals surface area contributed by atoms with E-state index in [1.165, 1.54) is 11.3 Å². The maximum Gasteiger partial charge on any atom is 0.233 e. The lowest BCUT2D eigenvalue weighted by atomic mass is 10.0.